The van der Waals surface area contributed by atoms with Crippen LogP contribution in [0, 0.1) is 0 Å². The number of hydrogen-bond donors (Lipinski definition) is 1. The van der Waals surface area contributed by atoms with Gasteiger partial charge in [-0.3, -0.25) is 9.59 Å². The van der Waals surface area contributed by atoms with Crippen LogP contribution in [0.4, 0.5) is 0 Å². The second-order valence-corrected chi connectivity index (χ2v) is 6.01. The molecule has 0 bridgehead atoms. The standard InChI is InChI=1S/C17H18ClN3O2.ClH/c1-20-11-12(6-7-16(20)22)17(23)21-9-8-19-10-15(21)13-4-2-3-5-14(13)18;/h2-7,11,15,19H,8-10H2,1H3;1H. The van der Waals surface area contributed by atoms with Crippen molar-refractivity contribution in [1.82, 2.24) is 14.8 Å². The second-order valence-electron chi connectivity index (χ2n) is 5.61. The summed E-state index contributed by atoms with van der Waals surface area (Å²) in [6, 6.07) is 10.5. The fourth-order valence-corrected chi connectivity index (χ4v) is 3.12. The van der Waals surface area contributed by atoms with E-state index in [1.54, 1.807) is 19.3 Å². The van der Waals surface area contributed by atoms with Crippen LogP contribution in [-0.2, 0) is 7.05 Å². The van der Waals surface area contributed by atoms with Crippen molar-refractivity contribution < 1.29 is 4.79 Å². The molecule has 1 aliphatic heterocycles. The lowest BCUT2D eigenvalue weighted by Crippen LogP contribution is -2.48. The van der Waals surface area contributed by atoms with Crippen LogP contribution >= 0.6 is 24.0 Å². The van der Waals surface area contributed by atoms with Gasteiger partial charge in [0.1, 0.15) is 0 Å². The van der Waals surface area contributed by atoms with Gasteiger partial charge < -0.3 is 14.8 Å². The van der Waals surface area contributed by atoms with Crippen LogP contribution in [0.2, 0.25) is 5.02 Å². The SMILES string of the molecule is Cl.Cn1cc(C(=O)N2CCNCC2c2ccccc2Cl)ccc1=O. The maximum atomic E-state index is 12.9. The monoisotopic (exact) mass is 367 g/mol. The number of benzene rings is 1. The molecule has 1 aromatic carbocycles. The molecule has 5 nitrogen and oxygen atoms in total. The summed E-state index contributed by atoms with van der Waals surface area (Å²) in [7, 11) is 1.64. The Balaban J connectivity index is 0.00000208. The molecule has 128 valence electrons. The molecule has 1 unspecified atom stereocenters. The van der Waals surface area contributed by atoms with Crippen LogP contribution < -0.4 is 10.9 Å². The molecule has 0 aliphatic carbocycles. The molecule has 1 aliphatic rings. The van der Waals surface area contributed by atoms with E-state index in [0.717, 1.165) is 12.1 Å². The van der Waals surface area contributed by atoms with E-state index in [1.165, 1.54) is 10.6 Å². The highest BCUT2D eigenvalue weighted by Crippen LogP contribution is 2.29. The van der Waals surface area contributed by atoms with Crippen molar-refractivity contribution in [2.45, 2.75) is 6.04 Å². The van der Waals surface area contributed by atoms with Crippen molar-refractivity contribution >= 4 is 29.9 Å². The molecule has 2 heterocycles. The summed E-state index contributed by atoms with van der Waals surface area (Å²) in [5.41, 5.74) is 1.30. The minimum atomic E-state index is -0.135. The second kappa shape index (κ2) is 7.83. The first-order valence-corrected chi connectivity index (χ1v) is 7.88. The fourth-order valence-electron chi connectivity index (χ4n) is 2.86. The van der Waals surface area contributed by atoms with Gasteiger partial charge in [0.25, 0.3) is 5.91 Å². The topological polar surface area (TPSA) is 54.3 Å². The number of hydrogen-bond acceptors (Lipinski definition) is 3. The summed E-state index contributed by atoms with van der Waals surface area (Å²) in [5.74, 6) is -0.0907. The Kier molecular flexibility index (Phi) is 6.04. The van der Waals surface area contributed by atoms with Crippen LogP contribution in [0.1, 0.15) is 22.0 Å². The predicted molar refractivity (Wildman–Crippen MR) is 97.0 cm³/mol. The van der Waals surface area contributed by atoms with Crippen molar-refractivity contribution in [3.05, 3.63) is 69.1 Å². The van der Waals surface area contributed by atoms with Gasteiger partial charge in [-0.05, 0) is 17.7 Å². The minimum absolute atomic E-state index is 0. The lowest BCUT2D eigenvalue weighted by Gasteiger charge is -2.37. The zero-order valence-electron chi connectivity index (χ0n) is 13.2. The van der Waals surface area contributed by atoms with E-state index in [2.05, 4.69) is 5.32 Å². The van der Waals surface area contributed by atoms with E-state index in [0.29, 0.717) is 23.7 Å². The Morgan fingerprint density at radius 3 is 2.71 bits per heavy atom. The number of carbonyl (C=O) groups excluding carboxylic acids is 1. The van der Waals surface area contributed by atoms with Crippen LogP contribution in [0.25, 0.3) is 0 Å². The number of rotatable bonds is 2. The maximum absolute atomic E-state index is 12.9. The summed E-state index contributed by atoms with van der Waals surface area (Å²) in [6.07, 6.45) is 1.58. The van der Waals surface area contributed by atoms with Crippen molar-refractivity contribution in [3.63, 3.8) is 0 Å². The van der Waals surface area contributed by atoms with E-state index in [9.17, 15) is 9.59 Å². The van der Waals surface area contributed by atoms with Gasteiger partial charge in [0.2, 0.25) is 5.56 Å². The average Bonchev–Trinajstić information content (AvgIpc) is 2.57. The molecular formula is C17H19Cl2N3O2. The summed E-state index contributed by atoms with van der Waals surface area (Å²) in [5, 5.41) is 3.96. The van der Waals surface area contributed by atoms with E-state index in [-0.39, 0.29) is 29.9 Å². The molecule has 1 fully saturated rings. The van der Waals surface area contributed by atoms with Crippen LogP contribution in [0.3, 0.4) is 0 Å². The molecule has 1 saturated heterocycles. The first-order valence-electron chi connectivity index (χ1n) is 7.51. The molecule has 0 spiro atoms. The maximum Gasteiger partial charge on any atom is 0.255 e. The number of carbonyl (C=O) groups is 1. The number of piperazine rings is 1. The van der Waals surface area contributed by atoms with E-state index < -0.39 is 0 Å². The van der Waals surface area contributed by atoms with Gasteiger partial charge in [0, 0.05) is 44.0 Å². The highest BCUT2D eigenvalue weighted by atomic mass is 35.5. The average molecular weight is 368 g/mol. The quantitative estimate of drug-likeness (QED) is 0.885. The Morgan fingerprint density at radius 1 is 1.25 bits per heavy atom. The largest absolute Gasteiger partial charge is 0.329 e. The molecule has 1 aromatic heterocycles. The highest BCUT2D eigenvalue weighted by Gasteiger charge is 2.29. The fraction of sp³-hybridized carbons (Fsp3) is 0.294. The lowest BCUT2D eigenvalue weighted by atomic mass is 10.0. The zero-order valence-corrected chi connectivity index (χ0v) is 14.8. The van der Waals surface area contributed by atoms with Crippen molar-refractivity contribution in [3.8, 4) is 0 Å². The van der Waals surface area contributed by atoms with Crippen molar-refractivity contribution in [2.75, 3.05) is 19.6 Å². The summed E-state index contributed by atoms with van der Waals surface area (Å²) in [4.78, 5) is 26.2. The highest BCUT2D eigenvalue weighted by molar-refractivity contribution is 6.31. The van der Waals surface area contributed by atoms with E-state index in [1.807, 2.05) is 29.2 Å². The zero-order chi connectivity index (χ0) is 16.4. The van der Waals surface area contributed by atoms with Gasteiger partial charge in [0.15, 0.2) is 0 Å². The van der Waals surface area contributed by atoms with Crippen molar-refractivity contribution in [2.24, 2.45) is 7.05 Å². The predicted octanol–water partition coefficient (Wildman–Crippen LogP) is 2.25. The number of nitrogens with zero attached hydrogens (tertiary/aromatic N) is 2. The summed E-state index contributed by atoms with van der Waals surface area (Å²) >= 11 is 6.31. The molecule has 3 rings (SSSR count). The molecule has 24 heavy (non-hydrogen) atoms. The third-order valence-electron chi connectivity index (χ3n) is 4.10. The molecule has 0 saturated carbocycles. The number of amides is 1. The number of aryl methyl sites for hydroxylation is 1. The number of aromatic nitrogens is 1. The molecule has 1 atom stereocenters. The first-order chi connectivity index (χ1) is 11.1. The van der Waals surface area contributed by atoms with Crippen LogP contribution in [-0.4, -0.2) is 35.0 Å². The van der Waals surface area contributed by atoms with Crippen LogP contribution in [0.5, 0.6) is 0 Å². The first kappa shape index (κ1) is 18.5. The van der Waals surface area contributed by atoms with Gasteiger partial charge in [-0.15, -0.1) is 12.4 Å². The molecule has 0 radical (unpaired) electrons. The Bertz CT molecular complexity index is 791. The smallest absolute Gasteiger partial charge is 0.255 e. The normalized spacial score (nSPS) is 17.2. The van der Waals surface area contributed by atoms with E-state index in [4.69, 9.17) is 11.6 Å². The Labute approximate surface area is 151 Å². The summed E-state index contributed by atoms with van der Waals surface area (Å²) < 4.78 is 1.42. The Morgan fingerprint density at radius 2 is 2.00 bits per heavy atom. The molecule has 2 aromatic rings. The molecule has 1 amide bonds. The van der Waals surface area contributed by atoms with Gasteiger partial charge in [-0.25, -0.2) is 0 Å². The van der Waals surface area contributed by atoms with Gasteiger partial charge in [0.05, 0.1) is 11.6 Å². The van der Waals surface area contributed by atoms with Crippen molar-refractivity contribution in [1.29, 1.82) is 0 Å². The van der Waals surface area contributed by atoms with Gasteiger partial charge in [-0.1, -0.05) is 29.8 Å². The van der Waals surface area contributed by atoms with Gasteiger partial charge >= 0.3 is 0 Å². The minimum Gasteiger partial charge on any atom is -0.329 e. The molecule has 7 heteroatoms. The van der Waals surface area contributed by atoms with Crippen LogP contribution in [0.15, 0.2) is 47.4 Å². The number of pyridine rings is 1. The van der Waals surface area contributed by atoms with Gasteiger partial charge in [-0.2, -0.15) is 0 Å². The lowest BCUT2D eigenvalue weighted by molar-refractivity contribution is 0.0633. The Hall–Kier alpha value is -1.82. The summed E-state index contributed by atoms with van der Waals surface area (Å²) in [6.45, 7) is 1.98. The molecule has 1 N–H and O–H groups in total. The third kappa shape index (κ3) is 3.64. The van der Waals surface area contributed by atoms with E-state index >= 15 is 0 Å². The number of nitrogens with one attached hydrogen (secondary N) is 1. The number of halogens is 2. The molecular weight excluding hydrogens is 349 g/mol. The third-order valence-corrected chi connectivity index (χ3v) is 4.45.